The number of anilines is 1. The molecular weight excluding hydrogens is 176 g/mol. The highest BCUT2D eigenvalue weighted by Crippen LogP contribution is 2.22. The Balaban J connectivity index is 2.75. The van der Waals surface area contributed by atoms with Gasteiger partial charge in [0.05, 0.1) is 18.2 Å². The quantitative estimate of drug-likeness (QED) is 0.740. The lowest BCUT2D eigenvalue weighted by Crippen LogP contribution is -2.09. The predicted octanol–water partition coefficient (Wildman–Crippen LogP) is 1.55. The maximum absolute atomic E-state index is 5.91. The number of fused-ring (bicyclic) bond motifs is 1. The van der Waals surface area contributed by atoms with Crippen molar-refractivity contribution in [3.8, 4) is 5.75 Å². The Bertz CT molecular complexity index is 480. The number of H-pyrrole nitrogens is 1. The Kier molecular flexibility index (Phi) is 2.00. The molecule has 0 fully saturated rings. The summed E-state index contributed by atoms with van der Waals surface area (Å²) in [5.74, 6) is 0.821. The third kappa shape index (κ3) is 1.37. The van der Waals surface area contributed by atoms with Crippen molar-refractivity contribution in [3.05, 3.63) is 30.0 Å². The highest BCUT2D eigenvalue weighted by atomic mass is 16.5. The van der Waals surface area contributed by atoms with E-state index in [2.05, 4.69) is 4.98 Å². The van der Waals surface area contributed by atoms with Crippen LogP contribution in [0.1, 0.15) is 5.69 Å². The lowest BCUT2D eigenvalue weighted by Gasteiger charge is -2.01. The third-order valence-corrected chi connectivity index (χ3v) is 2.24. The van der Waals surface area contributed by atoms with E-state index in [0.29, 0.717) is 0 Å². The fourth-order valence-corrected chi connectivity index (χ4v) is 1.56. The molecule has 2 aromatic rings. The van der Waals surface area contributed by atoms with E-state index in [1.807, 2.05) is 31.2 Å². The van der Waals surface area contributed by atoms with Crippen molar-refractivity contribution >= 4 is 16.6 Å². The van der Waals surface area contributed by atoms with Crippen LogP contribution in [-0.4, -0.2) is 7.11 Å². The summed E-state index contributed by atoms with van der Waals surface area (Å²) in [7, 11) is 1.65. The van der Waals surface area contributed by atoms with Crippen LogP contribution in [0.2, 0.25) is 0 Å². The molecule has 1 aromatic heterocycles. The van der Waals surface area contributed by atoms with Gasteiger partial charge in [-0.2, -0.15) is 0 Å². The van der Waals surface area contributed by atoms with Crippen LogP contribution in [0.25, 0.3) is 10.9 Å². The fraction of sp³-hybridized carbons (Fsp3) is 0.182. The summed E-state index contributed by atoms with van der Waals surface area (Å²) in [4.78, 5) is 3.25. The van der Waals surface area contributed by atoms with Crippen molar-refractivity contribution in [3.63, 3.8) is 0 Å². The van der Waals surface area contributed by atoms with E-state index >= 15 is 0 Å². The standard InChI is InChI=1S/C11H12N2O/c1-7-5-10(12)9-6-8(14-2)3-4-11(9)13-7/h3-6H,1-2H3,(H2,12,13)/p+1. The van der Waals surface area contributed by atoms with Gasteiger partial charge in [-0.1, -0.05) is 0 Å². The van der Waals surface area contributed by atoms with Crippen LogP contribution in [0, 0.1) is 6.92 Å². The minimum absolute atomic E-state index is 0.773. The molecule has 72 valence electrons. The lowest BCUT2D eigenvalue weighted by atomic mass is 10.1. The molecule has 0 spiro atoms. The first-order valence-corrected chi connectivity index (χ1v) is 4.47. The molecule has 0 aliphatic rings. The van der Waals surface area contributed by atoms with Crippen LogP contribution in [0.15, 0.2) is 24.3 Å². The van der Waals surface area contributed by atoms with Gasteiger partial charge in [-0.25, -0.2) is 4.98 Å². The molecule has 3 heteroatoms. The number of pyridine rings is 1. The first kappa shape index (κ1) is 8.81. The molecule has 0 unspecified atom stereocenters. The monoisotopic (exact) mass is 189 g/mol. The highest BCUT2D eigenvalue weighted by Gasteiger charge is 2.07. The zero-order valence-corrected chi connectivity index (χ0v) is 8.29. The Hall–Kier alpha value is -1.77. The van der Waals surface area contributed by atoms with Gasteiger partial charge in [-0.3, -0.25) is 0 Å². The molecule has 1 heterocycles. The van der Waals surface area contributed by atoms with Crippen LogP contribution in [0.5, 0.6) is 5.75 Å². The number of benzene rings is 1. The van der Waals surface area contributed by atoms with Crippen molar-refractivity contribution < 1.29 is 9.72 Å². The number of aryl methyl sites for hydroxylation is 1. The summed E-state index contributed by atoms with van der Waals surface area (Å²) in [5, 5.41) is 0.995. The normalized spacial score (nSPS) is 10.4. The van der Waals surface area contributed by atoms with Crippen molar-refractivity contribution in [2.24, 2.45) is 0 Å². The minimum Gasteiger partial charge on any atom is -0.497 e. The molecular formula is C11H13N2O+. The van der Waals surface area contributed by atoms with E-state index in [0.717, 1.165) is 28.0 Å². The molecule has 0 atom stereocenters. The minimum atomic E-state index is 0.773. The number of nitrogen functional groups attached to an aromatic ring is 1. The van der Waals surface area contributed by atoms with Crippen LogP contribution in [0.4, 0.5) is 5.69 Å². The van der Waals surface area contributed by atoms with Gasteiger partial charge in [0, 0.05) is 19.1 Å². The second kappa shape index (κ2) is 3.18. The van der Waals surface area contributed by atoms with Crippen molar-refractivity contribution in [2.75, 3.05) is 12.8 Å². The number of hydrogen-bond acceptors (Lipinski definition) is 2. The molecule has 0 aliphatic heterocycles. The van der Waals surface area contributed by atoms with E-state index in [1.165, 1.54) is 0 Å². The van der Waals surface area contributed by atoms with Gasteiger partial charge in [0.1, 0.15) is 5.75 Å². The SMILES string of the molecule is COc1ccc2[nH+]c(C)cc(N)c2c1. The first-order chi connectivity index (χ1) is 6.70. The Morgan fingerprint density at radius 1 is 1.29 bits per heavy atom. The summed E-state index contributed by atoms with van der Waals surface area (Å²) < 4.78 is 5.14. The van der Waals surface area contributed by atoms with Crippen molar-refractivity contribution in [1.29, 1.82) is 0 Å². The van der Waals surface area contributed by atoms with Gasteiger partial charge in [0.15, 0.2) is 5.69 Å². The second-order valence-electron chi connectivity index (χ2n) is 3.32. The largest absolute Gasteiger partial charge is 0.497 e. The average Bonchev–Trinajstić information content (AvgIpc) is 2.17. The number of hydrogen-bond donors (Lipinski definition) is 1. The van der Waals surface area contributed by atoms with Gasteiger partial charge in [0.2, 0.25) is 5.52 Å². The molecule has 0 bridgehead atoms. The fourth-order valence-electron chi connectivity index (χ4n) is 1.56. The average molecular weight is 189 g/mol. The van der Waals surface area contributed by atoms with Crippen LogP contribution >= 0.6 is 0 Å². The van der Waals surface area contributed by atoms with Gasteiger partial charge >= 0.3 is 0 Å². The summed E-state index contributed by atoms with van der Waals surface area (Å²) in [6.45, 7) is 1.99. The molecule has 3 N–H and O–H groups in total. The molecule has 1 aromatic carbocycles. The van der Waals surface area contributed by atoms with E-state index in [1.54, 1.807) is 7.11 Å². The van der Waals surface area contributed by atoms with Crippen molar-refractivity contribution in [1.82, 2.24) is 0 Å². The van der Waals surface area contributed by atoms with E-state index in [4.69, 9.17) is 10.5 Å². The van der Waals surface area contributed by atoms with E-state index < -0.39 is 0 Å². The zero-order chi connectivity index (χ0) is 10.1. The second-order valence-corrected chi connectivity index (χ2v) is 3.32. The maximum atomic E-state index is 5.91. The molecule has 0 saturated carbocycles. The van der Waals surface area contributed by atoms with Gasteiger partial charge in [-0.15, -0.1) is 0 Å². The summed E-state index contributed by atoms with van der Waals surface area (Å²) >= 11 is 0. The molecule has 0 amide bonds. The number of ether oxygens (including phenoxy) is 1. The van der Waals surface area contributed by atoms with Gasteiger partial charge in [0.25, 0.3) is 0 Å². The smallest absolute Gasteiger partial charge is 0.213 e. The molecule has 0 saturated heterocycles. The highest BCUT2D eigenvalue weighted by molar-refractivity contribution is 5.88. The van der Waals surface area contributed by atoms with Gasteiger partial charge in [-0.05, 0) is 12.1 Å². The Morgan fingerprint density at radius 2 is 2.07 bits per heavy atom. The zero-order valence-electron chi connectivity index (χ0n) is 8.29. The van der Waals surface area contributed by atoms with Crippen molar-refractivity contribution in [2.45, 2.75) is 6.92 Å². The Morgan fingerprint density at radius 3 is 2.79 bits per heavy atom. The third-order valence-electron chi connectivity index (χ3n) is 2.24. The summed E-state index contributed by atoms with van der Waals surface area (Å²) in [6, 6.07) is 7.73. The number of aromatic amines is 1. The predicted molar refractivity (Wildman–Crippen MR) is 56.2 cm³/mol. The number of nitrogens with two attached hydrogens (primary N) is 1. The molecule has 3 nitrogen and oxygen atoms in total. The molecule has 2 rings (SSSR count). The van der Waals surface area contributed by atoms with E-state index in [-0.39, 0.29) is 0 Å². The lowest BCUT2D eigenvalue weighted by molar-refractivity contribution is -0.354. The van der Waals surface area contributed by atoms with Gasteiger partial charge < -0.3 is 10.5 Å². The first-order valence-electron chi connectivity index (χ1n) is 4.47. The van der Waals surface area contributed by atoms with Crippen LogP contribution in [-0.2, 0) is 0 Å². The number of aromatic nitrogens is 1. The van der Waals surface area contributed by atoms with Crippen LogP contribution in [0.3, 0.4) is 0 Å². The maximum Gasteiger partial charge on any atom is 0.213 e. The van der Waals surface area contributed by atoms with E-state index in [9.17, 15) is 0 Å². The summed E-state index contributed by atoms with van der Waals surface area (Å²) in [6.07, 6.45) is 0. The molecule has 0 radical (unpaired) electrons. The molecule has 0 aliphatic carbocycles. The number of methoxy groups -OCH3 is 1. The number of rotatable bonds is 1. The topological polar surface area (TPSA) is 49.4 Å². The Labute approximate surface area is 82.5 Å². The van der Waals surface area contributed by atoms with Crippen LogP contribution < -0.4 is 15.5 Å². The summed E-state index contributed by atoms with van der Waals surface area (Å²) in [5.41, 5.74) is 8.76. The number of nitrogens with one attached hydrogen (secondary N) is 1. The molecule has 14 heavy (non-hydrogen) atoms.